The van der Waals surface area contributed by atoms with E-state index in [1.807, 2.05) is 0 Å². The second kappa shape index (κ2) is 51.0. The number of esters is 5. The summed E-state index contributed by atoms with van der Waals surface area (Å²) in [7, 11) is 18.9. The van der Waals surface area contributed by atoms with Gasteiger partial charge in [0.25, 0.3) is 0 Å². The fourth-order valence-corrected chi connectivity index (χ4v) is 9.64. The molecule has 0 aliphatic heterocycles. The first-order chi connectivity index (χ1) is 45.1. The lowest BCUT2D eigenvalue weighted by Crippen LogP contribution is -2.39. The van der Waals surface area contributed by atoms with Crippen LogP contribution >= 0.6 is 0 Å². The summed E-state index contributed by atoms with van der Waals surface area (Å²) >= 11 is 0. The summed E-state index contributed by atoms with van der Waals surface area (Å²) < 4.78 is 67.8. The Balaban J connectivity index is 2.23. The maximum absolute atomic E-state index is 14.0. The van der Waals surface area contributed by atoms with Crippen LogP contribution in [0.3, 0.4) is 0 Å². The van der Waals surface area contributed by atoms with E-state index < -0.39 is 11.9 Å². The van der Waals surface area contributed by atoms with Gasteiger partial charge in [-0.05, 0) is 75.6 Å². The Bertz CT molecular complexity index is 2340. The number of rotatable bonds is 61. The Morgan fingerprint density at radius 1 is 0.277 bits per heavy atom. The van der Waals surface area contributed by atoms with E-state index in [1.165, 1.54) is 18.2 Å². The first-order valence-electron chi connectivity index (χ1n) is 35.3. The van der Waals surface area contributed by atoms with Crippen molar-refractivity contribution in [3.05, 3.63) is 73.4 Å². The van der Waals surface area contributed by atoms with Crippen LogP contribution in [0.2, 0.25) is 0 Å². The van der Waals surface area contributed by atoms with Crippen LogP contribution in [-0.2, 0) is 38.1 Å². The number of likely N-dealkylation sites (N-methyl/N-ethyl adjacent to an activating group) is 3. The molecule has 0 atom stereocenters. The number of ether oxygens (including phenoxy) is 11. The monoisotopic (exact) mass is 1320 g/mol. The lowest BCUT2D eigenvalue weighted by atomic mass is 10.1. The molecule has 0 radical (unpaired) electrons. The van der Waals surface area contributed by atoms with Crippen LogP contribution in [0.25, 0.3) is 0 Å². The highest BCUT2D eigenvalue weighted by Crippen LogP contribution is 2.41. The molecule has 0 aliphatic rings. The molecule has 0 saturated carbocycles. The highest BCUT2D eigenvalue weighted by Gasteiger charge is 2.24. The van der Waals surface area contributed by atoms with Crippen molar-refractivity contribution in [2.75, 3.05) is 156 Å². The Kier molecular flexibility index (Phi) is 45.5. The standard InChI is InChI=1S/C75H126N3O16/c1-13-69(79)88-50-39-33-27-21-16-19-25-31-37-48-84-65-59-63(60-66(85-49-38-32-26-20-17-22-28-34-40-51-89-70(80)14-2)72(65)91-53-42-36-30-24-18-23-29-35-41-52-90-71(81)15-3)74(82)93-54-43-44-55-94-75(83)64-61-67(86-56-45-76(4,5)6)73(92-58-47-78(10,11)12)68(62-64)87-57-46-77(7,8)9/h13-15,59-62H,1-3,16-58H2,4-12H3/q+3. The maximum Gasteiger partial charge on any atom is 0.338 e. The highest BCUT2D eigenvalue weighted by molar-refractivity contribution is 5.92. The zero-order valence-corrected chi connectivity index (χ0v) is 59.9. The van der Waals surface area contributed by atoms with Crippen molar-refractivity contribution in [3.63, 3.8) is 0 Å². The number of unbranched alkanes of at least 4 members (excludes halogenated alkanes) is 25. The molecule has 19 heteroatoms. The average molecular weight is 1330 g/mol. The van der Waals surface area contributed by atoms with E-state index in [0.29, 0.717) is 126 Å². The number of hydrogen-bond donors (Lipinski definition) is 0. The average Bonchev–Trinajstić information content (AvgIpc) is 0.838. The SMILES string of the molecule is C=CC(=O)OCCCCCCCCCCCOc1cc(C(=O)OCCCCOC(=O)c2cc(OCC[N+](C)(C)C)c(OCC[N+](C)(C)C)c(OCC[N+](C)(C)C)c2)cc(OCCCCCCCCCCCOC(=O)C=C)c1OCCCCCCCCCCCOC(=O)C=C. The predicted molar refractivity (Wildman–Crippen MR) is 372 cm³/mol. The third kappa shape index (κ3) is 44.4. The van der Waals surface area contributed by atoms with Gasteiger partial charge in [-0.2, -0.15) is 0 Å². The van der Waals surface area contributed by atoms with Gasteiger partial charge >= 0.3 is 29.8 Å². The van der Waals surface area contributed by atoms with E-state index in [2.05, 4.69) is 83.2 Å². The molecule has 2 rings (SSSR count). The van der Waals surface area contributed by atoms with Crippen LogP contribution in [0.4, 0.5) is 0 Å². The van der Waals surface area contributed by atoms with E-state index in [4.69, 9.17) is 52.1 Å². The van der Waals surface area contributed by atoms with Crippen LogP contribution in [0, 0.1) is 0 Å². The highest BCUT2D eigenvalue weighted by atomic mass is 16.6. The quantitative estimate of drug-likeness (QED) is 0.0200. The number of quaternary nitrogens is 3. The van der Waals surface area contributed by atoms with Crippen molar-refractivity contribution in [1.82, 2.24) is 0 Å². The maximum atomic E-state index is 14.0. The molecule has 2 aromatic rings. The number of hydrogen-bond acceptors (Lipinski definition) is 16. The van der Waals surface area contributed by atoms with E-state index in [1.54, 1.807) is 24.3 Å². The topological polar surface area (TPSA) is 187 Å². The molecule has 19 nitrogen and oxygen atoms in total. The third-order valence-electron chi connectivity index (χ3n) is 15.4. The Morgan fingerprint density at radius 3 is 0.723 bits per heavy atom. The number of benzene rings is 2. The summed E-state index contributed by atoms with van der Waals surface area (Å²) in [5.74, 6) is 0.499. The van der Waals surface area contributed by atoms with Crippen LogP contribution in [0.15, 0.2) is 62.2 Å². The van der Waals surface area contributed by atoms with Crippen molar-refractivity contribution in [3.8, 4) is 34.5 Å². The lowest BCUT2D eigenvalue weighted by Gasteiger charge is -2.26. The van der Waals surface area contributed by atoms with Crippen molar-refractivity contribution in [2.45, 2.75) is 186 Å². The summed E-state index contributed by atoms with van der Waals surface area (Å²) in [6.07, 6.45) is 32.4. The summed E-state index contributed by atoms with van der Waals surface area (Å²) in [5.41, 5.74) is 0.578. The first-order valence-corrected chi connectivity index (χ1v) is 35.3. The Hall–Kier alpha value is -6.31. The predicted octanol–water partition coefficient (Wildman–Crippen LogP) is 14.6. The molecule has 2 aromatic carbocycles. The van der Waals surface area contributed by atoms with E-state index >= 15 is 0 Å². The largest absolute Gasteiger partial charge is 0.490 e. The van der Waals surface area contributed by atoms with Gasteiger partial charge in [-0.25, -0.2) is 24.0 Å². The smallest absolute Gasteiger partial charge is 0.338 e. The summed E-state index contributed by atoms with van der Waals surface area (Å²) in [4.78, 5) is 61.8. The molecule has 0 spiro atoms. The minimum Gasteiger partial charge on any atom is -0.490 e. The molecule has 94 heavy (non-hydrogen) atoms. The van der Waals surface area contributed by atoms with Crippen molar-refractivity contribution >= 4 is 29.8 Å². The number of carbonyl (C=O) groups excluding carboxylic acids is 5. The zero-order valence-electron chi connectivity index (χ0n) is 59.9. The van der Waals surface area contributed by atoms with Gasteiger partial charge in [-0.3, -0.25) is 0 Å². The summed E-state index contributed by atoms with van der Waals surface area (Å²) in [5, 5.41) is 0. The van der Waals surface area contributed by atoms with Gasteiger partial charge in [0, 0.05) is 18.2 Å². The molecule has 0 bridgehead atoms. The normalized spacial score (nSPS) is 11.5. The third-order valence-corrected chi connectivity index (χ3v) is 15.4. The van der Waals surface area contributed by atoms with Gasteiger partial charge in [0.05, 0.1) is 127 Å². The minimum absolute atomic E-state index is 0.0957. The van der Waals surface area contributed by atoms with Gasteiger partial charge in [0.15, 0.2) is 23.0 Å². The molecule has 0 amide bonds. The molecule has 534 valence electrons. The second-order valence-electron chi connectivity index (χ2n) is 27.4. The van der Waals surface area contributed by atoms with Crippen molar-refractivity contribution < 1.29 is 89.5 Å². The molecule has 0 saturated heterocycles. The molecule has 0 heterocycles. The molecular formula is C75H126N3O16+3. The Labute approximate surface area is 566 Å². The van der Waals surface area contributed by atoms with E-state index in [0.717, 1.165) is 193 Å². The molecular weight excluding hydrogens is 1200 g/mol. The van der Waals surface area contributed by atoms with Gasteiger partial charge in [0.2, 0.25) is 11.5 Å². The molecule has 0 unspecified atom stereocenters. The molecule has 0 fully saturated rings. The van der Waals surface area contributed by atoms with Crippen LogP contribution in [0.5, 0.6) is 34.5 Å². The van der Waals surface area contributed by atoms with E-state index in [9.17, 15) is 24.0 Å². The minimum atomic E-state index is -0.529. The number of nitrogens with zero attached hydrogens (tertiary/aromatic N) is 3. The fourth-order valence-electron chi connectivity index (χ4n) is 9.64. The fraction of sp³-hybridized carbons (Fsp3) is 0.693. The van der Waals surface area contributed by atoms with Gasteiger partial charge in [0.1, 0.15) is 39.5 Å². The van der Waals surface area contributed by atoms with Crippen molar-refractivity contribution in [2.24, 2.45) is 0 Å². The van der Waals surface area contributed by atoms with Crippen LogP contribution in [-0.4, -0.2) is 199 Å². The van der Waals surface area contributed by atoms with Crippen LogP contribution in [0.1, 0.15) is 207 Å². The molecule has 0 N–H and O–H groups in total. The lowest BCUT2D eigenvalue weighted by molar-refractivity contribution is -0.870. The molecule has 0 aliphatic carbocycles. The van der Waals surface area contributed by atoms with Gasteiger partial charge in [-0.15, -0.1) is 0 Å². The molecule has 0 aromatic heterocycles. The summed E-state index contributed by atoms with van der Waals surface area (Å²) in [6.45, 7) is 16.5. The zero-order chi connectivity index (χ0) is 69.1. The van der Waals surface area contributed by atoms with Gasteiger partial charge < -0.3 is 65.6 Å². The second-order valence-corrected chi connectivity index (χ2v) is 27.4. The van der Waals surface area contributed by atoms with E-state index in [-0.39, 0.29) is 36.7 Å². The van der Waals surface area contributed by atoms with Gasteiger partial charge in [-0.1, -0.05) is 155 Å². The Morgan fingerprint density at radius 2 is 0.468 bits per heavy atom. The van der Waals surface area contributed by atoms with Crippen LogP contribution < -0.4 is 28.4 Å². The number of carbonyl (C=O) groups is 5. The van der Waals surface area contributed by atoms with Crippen molar-refractivity contribution in [1.29, 1.82) is 0 Å². The summed E-state index contributed by atoms with van der Waals surface area (Å²) in [6, 6.07) is 6.77. The first kappa shape index (κ1) is 83.8.